The molecule has 2 aromatic heterocycles. The van der Waals surface area contributed by atoms with E-state index in [-0.39, 0.29) is 23.5 Å². The molecule has 6 heteroatoms. The van der Waals surface area contributed by atoms with Crippen molar-refractivity contribution in [3.8, 4) is 22.7 Å². The number of furan rings is 1. The summed E-state index contributed by atoms with van der Waals surface area (Å²) in [5.41, 5.74) is 4.56. The molecule has 174 valence electrons. The number of nitrogens with one attached hydrogen (secondary N) is 1. The number of imidazole rings is 1. The van der Waals surface area contributed by atoms with Gasteiger partial charge in [0.15, 0.2) is 11.5 Å². The Balaban J connectivity index is 1.45. The van der Waals surface area contributed by atoms with Gasteiger partial charge in [-0.3, -0.25) is 4.79 Å². The molecule has 5 rings (SSSR count). The van der Waals surface area contributed by atoms with E-state index in [0.717, 1.165) is 35.4 Å². The van der Waals surface area contributed by atoms with E-state index in [1.807, 2.05) is 50.5 Å². The van der Waals surface area contributed by atoms with Crippen molar-refractivity contribution in [2.24, 2.45) is 0 Å². The van der Waals surface area contributed by atoms with Crippen LogP contribution in [0, 0.1) is 12.7 Å². The number of hydrogen-bond acceptors (Lipinski definition) is 3. The van der Waals surface area contributed by atoms with Crippen LogP contribution in [0.5, 0.6) is 0 Å². The molecule has 1 fully saturated rings. The second kappa shape index (κ2) is 9.29. The maximum absolute atomic E-state index is 13.5. The fraction of sp³-hybridized carbons (Fsp3) is 0.286. The van der Waals surface area contributed by atoms with Crippen molar-refractivity contribution in [1.82, 2.24) is 14.9 Å². The molecule has 2 aromatic carbocycles. The van der Waals surface area contributed by atoms with Crippen molar-refractivity contribution in [3.05, 3.63) is 89.7 Å². The summed E-state index contributed by atoms with van der Waals surface area (Å²) >= 11 is 0. The van der Waals surface area contributed by atoms with Gasteiger partial charge in [-0.05, 0) is 68.7 Å². The summed E-state index contributed by atoms with van der Waals surface area (Å²) in [7, 11) is 0. The molecule has 0 saturated heterocycles. The average Bonchev–Trinajstić information content (AvgIpc) is 3.59. The van der Waals surface area contributed by atoms with E-state index in [2.05, 4.69) is 14.9 Å². The first-order valence-corrected chi connectivity index (χ1v) is 11.8. The minimum Gasteiger partial charge on any atom is -0.449 e. The highest BCUT2D eigenvalue weighted by molar-refractivity contribution is 5.92. The molecular formula is C28H28FN3O2. The zero-order valence-corrected chi connectivity index (χ0v) is 19.4. The number of carbonyl (C=O) groups is 1. The van der Waals surface area contributed by atoms with Gasteiger partial charge in [0.1, 0.15) is 11.5 Å². The Morgan fingerprint density at radius 1 is 1.06 bits per heavy atom. The van der Waals surface area contributed by atoms with E-state index in [0.29, 0.717) is 11.8 Å². The maximum Gasteiger partial charge on any atom is 0.287 e. The standard InChI is InChI=1S/C28H28FN3O2/c1-18-7-9-20(10-8-18)19(2)31-28(33)25-16-15-24(34-25)27-26(21-11-13-22(29)14-12-21)30-17-32(27)23-5-3-4-6-23/h7-17,19,23H,3-6H2,1-2H3,(H,31,33)/t19-/m1/s1. The Morgan fingerprint density at radius 2 is 1.76 bits per heavy atom. The van der Waals surface area contributed by atoms with Gasteiger partial charge in [0.25, 0.3) is 5.91 Å². The highest BCUT2D eigenvalue weighted by atomic mass is 19.1. The van der Waals surface area contributed by atoms with Crippen LogP contribution in [0.3, 0.4) is 0 Å². The monoisotopic (exact) mass is 457 g/mol. The molecular weight excluding hydrogens is 429 g/mol. The molecule has 34 heavy (non-hydrogen) atoms. The van der Waals surface area contributed by atoms with E-state index in [1.54, 1.807) is 18.2 Å². The number of hydrogen-bond donors (Lipinski definition) is 1. The second-order valence-electron chi connectivity index (χ2n) is 9.06. The van der Waals surface area contributed by atoms with Gasteiger partial charge in [0, 0.05) is 11.6 Å². The molecule has 1 N–H and O–H groups in total. The second-order valence-corrected chi connectivity index (χ2v) is 9.06. The molecule has 1 saturated carbocycles. The highest BCUT2D eigenvalue weighted by Gasteiger charge is 2.26. The fourth-order valence-corrected chi connectivity index (χ4v) is 4.68. The molecule has 0 radical (unpaired) electrons. The largest absolute Gasteiger partial charge is 0.449 e. The van der Waals surface area contributed by atoms with Crippen LogP contribution in [0.1, 0.15) is 66.4 Å². The third-order valence-corrected chi connectivity index (χ3v) is 6.62. The van der Waals surface area contributed by atoms with E-state index in [1.165, 1.54) is 30.5 Å². The van der Waals surface area contributed by atoms with Crippen molar-refractivity contribution in [2.75, 3.05) is 0 Å². The molecule has 1 amide bonds. The predicted molar refractivity (Wildman–Crippen MR) is 130 cm³/mol. The zero-order valence-electron chi connectivity index (χ0n) is 19.4. The summed E-state index contributed by atoms with van der Waals surface area (Å²) in [5, 5.41) is 3.02. The van der Waals surface area contributed by atoms with Crippen LogP contribution in [-0.4, -0.2) is 15.5 Å². The SMILES string of the molecule is Cc1ccc([C@@H](C)NC(=O)c2ccc(-c3c(-c4ccc(F)cc4)ncn3C3CCCC3)o2)cc1. The van der Waals surface area contributed by atoms with Gasteiger partial charge in [-0.1, -0.05) is 42.7 Å². The van der Waals surface area contributed by atoms with Gasteiger partial charge in [-0.15, -0.1) is 0 Å². The third-order valence-electron chi connectivity index (χ3n) is 6.62. The van der Waals surface area contributed by atoms with Gasteiger partial charge < -0.3 is 14.3 Å². The first-order valence-electron chi connectivity index (χ1n) is 11.8. The molecule has 2 heterocycles. The van der Waals surface area contributed by atoms with Crippen LogP contribution in [0.2, 0.25) is 0 Å². The normalized spacial score (nSPS) is 14.9. The Kier molecular flexibility index (Phi) is 6.05. The molecule has 4 aromatic rings. The van der Waals surface area contributed by atoms with Gasteiger partial charge >= 0.3 is 0 Å². The lowest BCUT2D eigenvalue weighted by Crippen LogP contribution is -2.26. The molecule has 0 bridgehead atoms. The molecule has 0 spiro atoms. The lowest BCUT2D eigenvalue weighted by molar-refractivity contribution is 0.0912. The topological polar surface area (TPSA) is 60.1 Å². The van der Waals surface area contributed by atoms with Crippen molar-refractivity contribution in [1.29, 1.82) is 0 Å². The first kappa shape index (κ1) is 22.1. The van der Waals surface area contributed by atoms with Gasteiger partial charge in [0.05, 0.1) is 18.1 Å². The molecule has 1 atom stereocenters. The molecule has 5 nitrogen and oxygen atoms in total. The van der Waals surface area contributed by atoms with Crippen LogP contribution in [-0.2, 0) is 0 Å². The Bertz CT molecular complexity index is 1280. The summed E-state index contributed by atoms with van der Waals surface area (Å²) in [5.74, 6) is 0.268. The summed E-state index contributed by atoms with van der Waals surface area (Å²) in [4.78, 5) is 17.6. The fourth-order valence-electron chi connectivity index (χ4n) is 4.68. The van der Waals surface area contributed by atoms with Gasteiger partial charge in [0.2, 0.25) is 0 Å². The number of aryl methyl sites for hydroxylation is 1. The molecule has 0 unspecified atom stereocenters. The number of nitrogens with zero attached hydrogens (tertiary/aromatic N) is 2. The quantitative estimate of drug-likeness (QED) is 0.344. The summed E-state index contributed by atoms with van der Waals surface area (Å²) in [6, 6.07) is 18.1. The van der Waals surface area contributed by atoms with Gasteiger partial charge in [-0.2, -0.15) is 0 Å². The molecule has 1 aliphatic rings. The van der Waals surface area contributed by atoms with Crippen molar-refractivity contribution in [2.45, 2.75) is 51.6 Å². The van der Waals surface area contributed by atoms with E-state index in [4.69, 9.17) is 4.42 Å². The van der Waals surface area contributed by atoms with Crippen molar-refractivity contribution >= 4 is 5.91 Å². The van der Waals surface area contributed by atoms with Crippen LogP contribution >= 0.6 is 0 Å². The van der Waals surface area contributed by atoms with Crippen LogP contribution < -0.4 is 5.32 Å². The van der Waals surface area contributed by atoms with Crippen LogP contribution in [0.25, 0.3) is 22.7 Å². The summed E-state index contributed by atoms with van der Waals surface area (Å²) < 4.78 is 21.8. The summed E-state index contributed by atoms with van der Waals surface area (Å²) in [6.45, 7) is 3.99. The van der Waals surface area contributed by atoms with Crippen molar-refractivity contribution in [3.63, 3.8) is 0 Å². The highest BCUT2D eigenvalue weighted by Crippen LogP contribution is 2.39. The van der Waals surface area contributed by atoms with E-state index >= 15 is 0 Å². The number of halogens is 1. The lowest BCUT2D eigenvalue weighted by Gasteiger charge is -2.15. The summed E-state index contributed by atoms with van der Waals surface area (Å²) in [6.07, 6.45) is 6.35. The Labute approximate surface area is 198 Å². The maximum atomic E-state index is 13.5. The van der Waals surface area contributed by atoms with Crippen molar-refractivity contribution < 1.29 is 13.6 Å². The van der Waals surface area contributed by atoms with Crippen LogP contribution in [0.4, 0.5) is 4.39 Å². The zero-order chi connectivity index (χ0) is 23.7. The number of benzene rings is 2. The van der Waals surface area contributed by atoms with Gasteiger partial charge in [-0.25, -0.2) is 9.37 Å². The molecule has 1 aliphatic carbocycles. The number of rotatable bonds is 6. The first-order chi connectivity index (χ1) is 16.5. The Morgan fingerprint density at radius 3 is 2.47 bits per heavy atom. The number of carbonyl (C=O) groups excluding carboxylic acids is 1. The minimum atomic E-state index is -0.292. The average molecular weight is 458 g/mol. The number of aromatic nitrogens is 2. The van der Waals surface area contributed by atoms with Crippen LogP contribution in [0.15, 0.2) is 71.4 Å². The number of amides is 1. The predicted octanol–water partition coefficient (Wildman–Crippen LogP) is 6.86. The van der Waals surface area contributed by atoms with E-state index < -0.39 is 0 Å². The minimum absolute atomic E-state index is 0.152. The molecule has 0 aliphatic heterocycles. The lowest BCUT2D eigenvalue weighted by atomic mass is 10.1. The third kappa shape index (κ3) is 4.40. The van der Waals surface area contributed by atoms with E-state index in [9.17, 15) is 9.18 Å². The Hall–Kier alpha value is -3.67. The smallest absolute Gasteiger partial charge is 0.287 e.